The van der Waals surface area contributed by atoms with Gasteiger partial charge in [-0.25, -0.2) is 13.2 Å². The van der Waals surface area contributed by atoms with Gasteiger partial charge in [0, 0.05) is 17.9 Å². The van der Waals surface area contributed by atoms with Gasteiger partial charge in [0.2, 0.25) is 5.91 Å². The second kappa shape index (κ2) is 13.6. The summed E-state index contributed by atoms with van der Waals surface area (Å²) in [4.78, 5) is 38.1. The van der Waals surface area contributed by atoms with Gasteiger partial charge in [-0.05, 0) is 67.9 Å². The first-order chi connectivity index (χ1) is 20.0. The van der Waals surface area contributed by atoms with Crippen molar-refractivity contribution in [1.29, 1.82) is 0 Å². The van der Waals surface area contributed by atoms with Crippen LogP contribution in [0, 0.1) is 11.2 Å². The summed E-state index contributed by atoms with van der Waals surface area (Å²) in [6, 6.07) is 10.9. The Kier molecular flexibility index (Phi) is 10.6. The highest BCUT2D eigenvalue weighted by atomic mass is 35.5. The van der Waals surface area contributed by atoms with Gasteiger partial charge < -0.3 is 20.7 Å². The van der Waals surface area contributed by atoms with Gasteiger partial charge in [-0.1, -0.05) is 29.3 Å². The molecule has 0 aromatic heterocycles. The van der Waals surface area contributed by atoms with Crippen LogP contribution in [0.2, 0.25) is 10.0 Å². The van der Waals surface area contributed by atoms with Crippen molar-refractivity contribution in [1.82, 2.24) is 5.32 Å². The van der Waals surface area contributed by atoms with E-state index in [0.717, 1.165) is 32.0 Å². The van der Waals surface area contributed by atoms with Crippen LogP contribution in [0.1, 0.15) is 40.1 Å². The standard InChI is InChI=1S/C28H23Cl2F6N3O4/c1-27(2,28(34,35)36)26(42)37-12-14-3-6-19(29)17(9-14)24(40)38-15-5-8-22(43-13-23(32)33)18(10-15)25(41)39-16-4-7-21(31)20(30)11-16/h3-11,23H,12-13H2,1-2H3,(H,37,42)(H,38,40)(H,39,41). The fraction of sp³-hybridized carbons (Fsp3) is 0.250. The molecular formula is C28H23Cl2F6N3O4. The van der Waals surface area contributed by atoms with Crippen molar-refractivity contribution in [3.05, 3.63) is 87.2 Å². The van der Waals surface area contributed by atoms with Gasteiger partial charge >= 0.3 is 6.18 Å². The van der Waals surface area contributed by atoms with Crippen molar-refractivity contribution >= 4 is 52.3 Å². The molecule has 3 amide bonds. The van der Waals surface area contributed by atoms with E-state index in [1.807, 2.05) is 0 Å². The number of carbonyl (C=O) groups is 3. The summed E-state index contributed by atoms with van der Waals surface area (Å²) in [5, 5.41) is 6.78. The molecule has 3 N–H and O–H groups in total. The minimum absolute atomic E-state index is 0.0124. The van der Waals surface area contributed by atoms with E-state index in [0.29, 0.717) is 0 Å². The quantitative estimate of drug-likeness (QED) is 0.198. The predicted octanol–water partition coefficient (Wildman–Crippen LogP) is 7.49. The lowest BCUT2D eigenvalue weighted by Gasteiger charge is -2.26. The molecule has 0 spiro atoms. The third-order valence-corrected chi connectivity index (χ3v) is 6.65. The molecule has 3 rings (SSSR count). The van der Waals surface area contributed by atoms with Gasteiger partial charge in [0.25, 0.3) is 18.2 Å². The molecule has 15 heteroatoms. The van der Waals surface area contributed by atoms with Gasteiger partial charge in [0.1, 0.15) is 23.6 Å². The van der Waals surface area contributed by atoms with Crippen molar-refractivity contribution < 1.29 is 45.5 Å². The highest BCUT2D eigenvalue weighted by Crippen LogP contribution is 2.37. The summed E-state index contributed by atoms with van der Waals surface area (Å²) < 4.78 is 83.5. The first-order valence-electron chi connectivity index (χ1n) is 12.3. The SMILES string of the molecule is CC(C)(C(=O)NCc1ccc(Cl)c(C(=O)Nc2ccc(OCC(F)F)c(C(=O)Nc3ccc(F)c(Cl)c3)c2)c1)C(F)(F)F. The molecule has 0 atom stereocenters. The van der Waals surface area contributed by atoms with Crippen molar-refractivity contribution in [3.63, 3.8) is 0 Å². The summed E-state index contributed by atoms with van der Waals surface area (Å²) in [7, 11) is 0. The van der Waals surface area contributed by atoms with Gasteiger partial charge in [-0.2, -0.15) is 13.2 Å². The maximum absolute atomic E-state index is 13.5. The van der Waals surface area contributed by atoms with E-state index >= 15 is 0 Å². The molecule has 0 aliphatic carbocycles. The maximum Gasteiger partial charge on any atom is 0.402 e. The number of halogens is 8. The largest absolute Gasteiger partial charge is 0.487 e. The molecule has 0 heterocycles. The second-order valence-electron chi connectivity index (χ2n) is 9.57. The van der Waals surface area contributed by atoms with E-state index in [4.69, 9.17) is 27.9 Å². The number of ether oxygens (including phenoxy) is 1. The molecule has 0 bridgehead atoms. The first kappa shape index (κ1) is 33.5. The Morgan fingerprint density at radius 3 is 2.05 bits per heavy atom. The van der Waals surface area contributed by atoms with E-state index in [2.05, 4.69) is 16.0 Å². The van der Waals surface area contributed by atoms with Crippen LogP contribution in [-0.2, 0) is 11.3 Å². The van der Waals surface area contributed by atoms with Gasteiger partial charge in [0.15, 0.2) is 0 Å². The minimum atomic E-state index is -4.79. The number of amides is 3. The van der Waals surface area contributed by atoms with Crippen LogP contribution in [0.3, 0.4) is 0 Å². The van der Waals surface area contributed by atoms with E-state index in [1.165, 1.54) is 36.4 Å². The van der Waals surface area contributed by atoms with Crippen LogP contribution in [0.4, 0.5) is 37.7 Å². The van der Waals surface area contributed by atoms with E-state index in [9.17, 15) is 40.7 Å². The molecule has 3 aromatic carbocycles. The zero-order chi connectivity index (χ0) is 32.1. The van der Waals surface area contributed by atoms with E-state index in [-0.39, 0.29) is 50.4 Å². The predicted molar refractivity (Wildman–Crippen MR) is 148 cm³/mol. The van der Waals surface area contributed by atoms with Crippen LogP contribution in [-0.4, -0.2) is 36.9 Å². The highest BCUT2D eigenvalue weighted by Gasteiger charge is 2.52. The molecule has 0 saturated heterocycles. The van der Waals surface area contributed by atoms with Gasteiger partial charge in [-0.3, -0.25) is 14.4 Å². The summed E-state index contributed by atoms with van der Waals surface area (Å²) in [5.41, 5.74) is -2.69. The average molecular weight is 650 g/mol. The Labute approximate surface area is 251 Å². The highest BCUT2D eigenvalue weighted by molar-refractivity contribution is 6.34. The summed E-state index contributed by atoms with van der Waals surface area (Å²) >= 11 is 11.9. The van der Waals surface area contributed by atoms with Gasteiger partial charge in [0.05, 0.1) is 21.2 Å². The molecule has 3 aromatic rings. The fourth-order valence-corrected chi connectivity index (χ4v) is 3.81. The minimum Gasteiger partial charge on any atom is -0.487 e. The molecule has 0 saturated carbocycles. The number of hydrogen-bond donors (Lipinski definition) is 3. The Morgan fingerprint density at radius 1 is 0.837 bits per heavy atom. The second-order valence-corrected chi connectivity index (χ2v) is 10.4. The Bertz CT molecular complexity index is 1530. The van der Waals surface area contributed by atoms with Crippen molar-refractivity contribution in [2.75, 3.05) is 17.2 Å². The maximum atomic E-state index is 13.5. The number of anilines is 2. The van der Waals surface area contributed by atoms with Crippen LogP contribution in [0.5, 0.6) is 5.75 Å². The Morgan fingerprint density at radius 2 is 1.44 bits per heavy atom. The zero-order valence-corrected chi connectivity index (χ0v) is 23.9. The van der Waals surface area contributed by atoms with Crippen LogP contribution in [0.15, 0.2) is 54.6 Å². The third kappa shape index (κ3) is 8.54. The van der Waals surface area contributed by atoms with Crippen molar-refractivity contribution in [2.24, 2.45) is 5.41 Å². The average Bonchev–Trinajstić information content (AvgIpc) is 2.92. The lowest BCUT2D eigenvalue weighted by Crippen LogP contribution is -2.46. The lowest BCUT2D eigenvalue weighted by atomic mass is 9.91. The summed E-state index contributed by atoms with van der Waals surface area (Å²) in [6.07, 6.45) is -7.64. The zero-order valence-electron chi connectivity index (χ0n) is 22.3. The molecule has 43 heavy (non-hydrogen) atoms. The summed E-state index contributed by atoms with van der Waals surface area (Å²) in [5.74, 6) is -3.92. The lowest BCUT2D eigenvalue weighted by molar-refractivity contribution is -0.211. The normalized spacial score (nSPS) is 11.7. The van der Waals surface area contributed by atoms with E-state index in [1.54, 1.807) is 0 Å². The van der Waals surface area contributed by atoms with Crippen molar-refractivity contribution in [2.45, 2.75) is 33.0 Å². The Balaban J connectivity index is 1.82. The third-order valence-electron chi connectivity index (χ3n) is 6.03. The van der Waals surface area contributed by atoms with Crippen molar-refractivity contribution in [3.8, 4) is 5.75 Å². The molecule has 0 radical (unpaired) electrons. The topological polar surface area (TPSA) is 96.5 Å². The molecule has 0 unspecified atom stereocenters. The molecule has 0 aliphatic heterocycles. The number of rotatable bonds is 10. The molecule has 0 fully saturated rings. The van der Waals surface area contributed by atoms with Crippen LogP contribution in [0.25, 0.3) is 0 Å². The monoisotopic (exact) mass is 649 g/mol. The van der Waals surface area contributed by atoms with Gasteiger partial charge in [-0.15, -0.1) is 0 Å². The smallest absolute Gasteiger partial charge is 0.402 e. The number of benzene rings is 3. The Hall–Kier alpha value is -3.97. The van der Waals surface area contributed by atoms with E-state index < -0.39 is 48.2 Å². The summed E-state index contributed by atoms with van der Waals surface area (Å²) in [6.45, 7) is 0.0869. The number of carbonyl (C=O) groups excluding carboxylic acids is 3. The molecule has 0 aliphatic rings. The number of nitrogens with one attached hydrogen (secondary N) is 3. The van der Waals surface area contributed by atoms with Crippen LogP contribution < -0.4 is 20.7 Å². The molecule has 230 valence electrons. The van der Waals surface area contributed by atoms with Crippen LogP contribution >= 0.6 is 23.2 Å². The number of alkyl halides is 5. The number of hydrogen-bond acceptors (Lipinski definition) is 4. The fourth-order valence-electron chi connectivity index (χ4n) is 3.42. The first-order valence-corrected chi connectivity index (χ1v) is 13.0. The molecule has 7 nitrogen and oxygen atoms in total. The molecular weight excluding hydrogens is 627 g/mol.